The Morgan fingerprint density at radius 2 is 1.83 bits per heavy atom. The van der Waals surface area contributed by atoms with Crippen molar-refractivity contribution in [1.29, 1.82) is 0 Å². The first kappa shape index (κ1) is 20.2. The minimum atomic E-state index is -0.394. The van der Waals surface area contributed by atoms with Gasteiger partial charge >= 0.3 is 5.97 Å². The van der Waals surface area contributed by atoms with Gasteiger partial charge in [0, 0.05) is 11.4 Å². The first-order valence-electron chi connectivity index (χ1n) is 10.0. The first-order valence-corrected chi connectivity index (χ1v) is 11.0. The van der Waals surface area contributed by atoms with E-state index in [4.69, 9.17) is 9.84 Å². The van der Waals surface area contributed by atoms with Gasteiger partial charge in [0.25, 0.3) is 0 Å². The van der Waals surface area contributed by atoms with E-state index in [0.717, 1.165) is 29.0 Å². The molecule has 0 aliphatic carbocycles. The minimum absolute atomic E-state index is 0.222. The van der Waals surface area contributed by atoms with Crippen LogP contribution in [0.2, 0.25) is 0 Å². The molecule has 1 atom stereocenters. The Kier molecular flexibility index (Phi) is 6.18. The molecule has 6 nitrogen and oxygen atoms in total. The van der Waals surface area contributed by atoms with Crippen LogP contribution in [0.4, 0.5) is 5.95 Å². The number of fused-ring (bicyclic) bond motifs is 1. The highest BCUT2D eigenvalue weighted by atomic mass is 32.2. The second-order valence-electron chi connectivity index (χ2n) is 7.05. The van der Waals surface area contributed by atoms with Crippen molar-refractivity contribution in [3.05, 3.63) is 83.1 Å². The van der Waals surface area contributed by atoms with Gasteiger partial charge in [-0.1, -0.05) is 79.3 Å². The number of carbonyl (C=O) groups is 1. The number of ether oxygens (including phenoxy) is 1. The zero-order valence-electron chi connectivity index (χ0n) is 17.0. The van der Waals surface area contributed by atoms with Crippen LogP contribution in [-0.4, -0.2) is 26.5 Å². The summed E-state index contributed by atoms with van der Waals surface area (Å²) in [5, 5.41) is 8.64. The number of hydrogen-bond donors (Lipinski definition) is 1. The number of nitrogens with one attached hydrogen (secondary N) is 1. The third-order valence-electron chi connectivity index (χ3n) is 4.82. The molecule has 1 aliphatic heterocycles. The average molecular weight is 421 g/mol. The maximum Gasteiger partial charge on any atom is 0.338 e. The molecule has 30 heavy (non-hydrogen) atoms. The quantitative estimate of drug-likeness (QED) is 0.437. The van der Waals surface area contributed by atoms with E-state index < -0.39 is 6.04 Å². The average Bonchev–Trinajstić information content (AvgIpc) is 3.18. The lowest BCUT2D eigenvalue weighted by Crippen LogP contribution is -2.29. The monoisotopic (exact) mass is 420 g/mol. The molecule has 0 saturated heterocycles. The second-order valence-corrected chi connectivity index (χ2v) is 8.11. The van der Waals surface area contributed by atoms with Crippen LogP contribution in [0.5, 0.6) is 0 Å². The molecule has 154 valence electrons. The summed E-state index contributed by atoms with van der Waals surface area (Å²) in [6.45, 7) is 4.23. The number of anilines is 1. The van der Waals surface area contributed by atoms with Gasteiger partial charge in [-0.05, 0) is 24.5 Å². The highest BCUT2D eigenvalue weighted by Crippen LogP contribution is 2.36. The van der Waals surface area contributed by atoms with Crippen LogP contribution >= 0.6 is 11.8 Å². The van der Waals surface area contributed by atoms with Crippen molar-refractivity contribution in [2.24, 2.45) is 0 Å². The summed E-state index contributed by atoms with van der Waals surface area (Å²) in [6.07, 6.45) is 1.04. The first-order chi connectivity index (χ1) is 14.7. The van der Waals surface area contributed by atoms with Gasteiger partial charge in [-0.25, -0.2) is 9.48 Å². The molecule has 0 saturated carbocycles. The zero-order valence-corrected chi connectivity index (χ0v) is 17.9. The Balaban J connectivity index is 1.67. The van der Waals surface area contributed by atoms with Crippen molar-refractivity contribution in [3.8, 4) is 0 Å². The Hall–Kier alpha value is -3.06. The fourth-order valence-corrected chi connectivity index (χ4v) is 4.08. The van der Waals surface area contributed by atoms with Crippen molar-refractivity contribution in [1.82, 2.24) is 14.8 Å². The van der Waals surface area contributed by atoms with Crippen molar-refractivity contribution in [3.63, 3.8) is 0 Å². The van der Waals surface area contributed by atoms with Crippen molar-refractivity contribution < 1.29 is 9.53 Å². The molecule has 0 amide bonds. The molecular weight excluding hydrogens is 396 g/mol. The summed E-state index contributed by atoms with van der Waals surface area (Å²) < 4.78 is 7.46. The number of rotatable bonds is 7. The summed E-state index contributed by atoms with van der Waals surface area (Å²) in [5.74, 6) is 1.22. The van der Waals surface area contributed by atoms with E-state index in [2.05, 4.69) is 17.2 Å². The summed E-state index contributed by atoms with van der Waals surface area (Å²) in [5.41, 5.74) is 3.18. The predicted octanol–water partition coefficient (Wildman–Crippen LogP) is 4.81. The van der Waals surface area contributed by atoms with Crippen LogP contribution in [0, 0.1) is 0 Å². The Morgan fingerprint density at radius 3 is 2.53 bits per heavy atom. The van der Waals surface area contributed by atoms with Crippen LogP contribution in [0.15, 0.2) is 77.1 Å². The van der Waals surface area contributed by atoms with Gasteiger partial charge in [0.2, 0.25) is 11.1 Å². The lowest BCUT2D eigenvalue weighted by atomic mass is 9.96. The Labute approximate surface area is 180 Å². The molecule has 2 aromatic carbocycles. The van der Waals surface area contributed by atoms with Crippen molar-refractivity contribution in [2.75, 3.05) is 11.1 Å². The predicted molar refractivity (Wildman–Crippen MR) is 118 cm³/mol. The Bertz CT molecular complexity index is 1050. The molecule has 3 aromatic rings. The van der Waals surface area contributed by atoms with E-state index in [9.17, 15) is 4.79 Å². The zero-order chi connectivity index (χ0) is 20.9. The molecule has 7 heteroatoms. The topological polar surface area (TPSA) is 69.0 Å². The molecule has 1 aliphatic rings. The van der Waals surface area contributed by atoms with Gasteiger partial charge in [0.05, 0.1) is 5.57 Å². The third-order valence-corrected chi connectivity index (χ3v) is 5.86. The molecule has 0 bridgehead atoms. The summed E-state index contributed by atoms with van der Waals surface area (Å²) in [4.78, 5) is 17.8. The highest BCUT2D eigenvalue weighted by molar-refractivity contribution is 7.99. The SMILES string of the molecule is CCCSc1nc2n(n1)C(c1ccccc1)C(C(=O)OCc1ccccc1)=C(C)N2. The standard InChI is InChI=1S/C23H24N4O2S/c1-3-14-30-23-25-22-24-16(2)19(21(28)29-15-17-10-6-4-7-11-17)20(27(22)26-23)18-12-8-5-9-13-18/h4-13,20H,3,14-15H2,1-2H3,(H,24,25,26). The molecule has 2 heterocycles. The molecule has 1 N–H and O–H groups in total. The number of allylic oxidation sites excluding steroid dienone is 1. The number of nitrogens with zero attached hydrogens (tertiary/aromatic N) is 3. The van der Waals surface area contributed by atoms with E-state index in [1.807, 2.05) is 67.6 Å². The van der Waals surface area contributed by atoms with Crippen LogP contribution in [0.25, 0.3) is 0 Å². The number of carbonyl (C=O) groups excluding carboxylic acids is 1. The largest absolute Gasteiger partial charge is 0.457 e. The summed E-state index contributed by atoms with van der Waals surface area (Å²) in [7, 11) is 0. The number of benzene rings is 2. The maximum atomic E-state index is 13.2. The lowest BCUT2D eigenvalue weighted by molar-refractivity contribution is -0.140. The summed E-state index contributed by atoms with van der Waals surface area (Å²) >= 11 is 1.61. The molecule has 1 unspecified atom stereocenters. The van der Waals surface area contributed by atoms with Crippen LogP contribution in [0.3, 0.4) is 0 Å². The van der Waals surface area contributed by atoms with Gasteiger partial charge in [-0.15, -0.1) is 5.10 Å². The minimum Gasteiger partial charge on any atom is -0.457 e. The molecule has 4 rings (SSSR count). The maximum absolute atomic E-state index is 13.2. The Morgan fingerprint density at radius 1 is 1.13 bits per heavy atom. The van der Waals surface area contributed by atoms with Crippen molar-refractivity contribution >= 4 is 23.7 Å². The normalized spacial score (nSPS) is 15.5. The van der Waals surface area contributed by atoms with Crippen LogP contribution in [0.1, 0.15) is 37.4 Å². The van der Waals surface area contributed by atoms with Crippen molar-refractivity contribution in [2.45, 2.75) is 38.1 Å². The second kappa shape index (κ2) is 9.17. The van der Waals surface area contributed by atoms with E-state index in [1.54, 1.807) is 16.4 Å². The number of hydrogen-bond acceptors (Lipinski definition) is 6. The van der Waals surface area contributed by atoms with Crippen LogP contribution in [-0.2, 0) is 16.1 Å². The molecule has 1 aromatic heterocycles. The molecule has 0 radical (unpaired) electrons. The van der Waals surface area contributed by atoms with E-state index in [-0.39, 0.29) is 12.6 Å². The molecule has 0 fully saturated rings. The molecular formula is C23H24N4O2S. The van der Waals surface area contributed by atoms with Crippen LogP contribution < -0.4 is 5.32 Å². The smallest absolute Gasteiger partial charge is 0.338 e. The molecule has 0 spiro atoms. The number of thioether (sulfide) groups is 1. The number of aromatic nitrogens is 3. The van der Waals surface area contributed by atoms with Gasteiger partial charge in [0.1, 0.15) is 12.6 Å². The lowest BCUT2D eigenvalue weighted by Gasteiger charge is -2.28. The third kappa shape index (κ3) is 4.26. The van der Waals surface area contributed by atoms with Gasteiger partial charge < -0.3 is 10.1 Å². The fraction of sp³-hybridized carbons (Fsp3) is 0.261. The van der Waals surface area contributed by atoms with Gasteiger partial charge in [0.15, 0.2) is 0 Å². The highest BCUT2D eigenvalue weighted by Gasteiger charge is 2.35. The number of esters is 1. The van der Waals surface area contributed by atoms with E-state index in [1.165, 1.54) is 0 Å². The van der Waals surface area contributed by atoms with E-state index >= 15 is 0 Å². The van der Waals surface area contributed by atoms with Gasteiger partial charge in [-0.3, -0.25) is 0 Å². The van der Waals surface area contributed by atoms with E-state index in [0.29, 0.717) is 16.7 Å². The summed E-state index contributed by atoms with van der Waals surface area (Å²) in [6, 6.07) is 19.2. The van der Waals surface area contributed by atoms with Gasteiger partial charge in [-0.2, -0.15) is 4.98 Å². The fourth-order valence-electron chi connectivity index (χ4n) is 3.39.